The van der Waals surface area contributed by atoms with Crippen LogP contribution in [0, 0.1) is 0 Å². The number of hydrogen-bond acceptors (Lipinski definition) is 4. The zero-order valence-electron chi connectivity index (χ0n) is 18.5. The second-order valence-electron chi connectivity index (χ2n) is 8.03. The molecule has 6 heteroatoms. The van der Waals surface area contributed by atoms with E-state index in [1.54, 1.807) is 7.11 Å². The molecule has 1 aliphatic heterocycles. The summed E-state index contributed by atoms with van der Waals surface area (Å²) in [6, 6.07) is 28.3. The number of H-pyrrole nitrogens is 2. The van der Waals surface area contributed by atoms with Gasteiger partial charge in [0, 0.05) is 10.9 Å². The Labute approximate surface area is 192 Å². The molecule has 3 heterocycles. The van der Waals surface area contributed by atoms with E-state index in [-0.39, 0.29) is 12.2 Å². The van der Waals surface area contributed by atoms with Gasteiger partial charge >= 0.3 is 0 Å². The predicted molar refractivity (Wildman–Crippen MR) is 132 cm³/mol. The molecule has 5 aromatic rings. The quantitative estimate of drug-likeness (QED) is 0.316. The highest BCUT2D eigenvalue weighted by Crippen LogP contribution is 2.34. The molecule has 1 aliphatic rings. The first kappa shape index (κ1) is 21.0. The number of aromatic nitrogens is 3. The fourth-order valence-corrected chi connectivity index (χ4v) is 4.28. The van der Waals surface area contributed by atoms with Crippen molar-refractivity contribution in [2.75, 3.05) is 7.11 Å². The summed E-state index contributed by atoms with van der Waals surface area (Å²) in [6.45, 7) is 0. The van der Waals surface area contributed by atoms with Gasteiger partial charge in [-0.15, -0.1) is 0 Å². The minimum atomic E-state index is -0.230. The van der Waals surface area contributed by atoms with Crippen molar-refractivity contribution in [3.8, 4) is 17.0 Å². The van der Waals surface area contributed by atoms with Crippen LogP contribution in [0.2, 0.25) is 0 Å². The molecule has 2 unspecified atom stereocenters. The van der Waals surface area contributed by atoms with Gasteiger partial charge in [-0.3, -0.25) is 5.32 Å². The number of methoxy groups -OCH3 is 1. The summed E-state index contributed by atoms with van der Waals surface area (Å²) in [5.74, 6) is 1.83. The summed E-state index contributed by atoms with van der Waals surface area (Å²) >= 11 is 0. The first-order valence-electron chi connectivity index (χ1n) is 11.0. The molecule has 166 valence electrons. The Morgan fingerprint density at radius 1 is 0.879 bits per heavy atom. The van der Waals surface area contributed by atoms with Crippen molar-refractivity contribution in [1.82, 2.24) is 20.3 Å². The number of aromatic amines is 2. The molecule has 0 bridgehead atoms. The van der Waals surface area contributed by atoms with Gasteiger partial charge in [0.2, 0.25) is 0 Å². The van der Waals surface area contributed by atoms with Crippen molar-refractivity contribution in [2.24, 2.45) is 5.73 Å². The monoisotopic (exact) mass is 437 g/mol. The molecule has 3 aromatic carbocycles. The van der Waals surface area contributed by atoms with Gasteiger partial charge in [-0.05, 0) is 35.7 Å². The molecular weight excluding hydrogens is 410 g/mol. The number of imidazole rings is 1. The number of nitrogens with zero attached hydrogens (tertiary/aromatic N) is 1. The normalized spacial score (nSPS) is 17.2. The van der Waals surface area contributed by atoms with Gasteiger partial charge in [0.15, 0.2) is 0 Å². The molecule has 6 nitrogen and oxygen atoms in total. The van der Waals surface area contributed by atoms with E-state index in [1.165, 1.54) is 10.9 Å². The van der Waals surface area contributed by atoms with E-state index in [2.05, 4.69) is 50.6 Å². The Morgan fingerprint density at radius 3 is 2.30 bits per heavy atom. The van der Waals surface area contributed by atoms with Gasteiger partial charge in [0.25, 0.3) is 0 Å². The lowest BCUT2D eigenvalue weighted by atomic mass is 9.96. The SMILES string of the molecule is COc1ccccc1.NC1NC(c2ncc(-c3ccccc3)[nH]2)Cc2c1[nH]c1ccccc21. The average Bonchev–Trinajstić information content (AvgIpc) is 3.51. The highest BCUT2D eigenvalue weighted by molar-refractivity contribution is 5.85. The molecule has 0 spiro atoms. The van der Waals surface area contributed by atoms with Crippen LogP contribution in [-0.2, 0) is 6.42 Å². The molecule has 0 saturated heterocycles. The molecule has 0 amide bonds. The maximum Gasteiger partial charge on any atom is 0.124 e. The van der Waals surface area contributed by atoms with Gasteiger partial charge in [0.1, 0.15) is 11.6 Å². The Kier molecular flexibility index (Phi) is 5.93. The first-order valence-corrected chi connectivity index (χ1v) is 11.0. The standard InChI is InChI=1S/C20H19N5.C7H8O/c21-19-18-14(13-8-4-5-9-15(13)23-18)10-16(24-19)20-22-11-17(25-20)12-6-2-1-3-7-12;1-8-7-5-3-2-4-6-7/h1-9,11,16,19,23-24H,10,21H2,(H,22,25);2-6H,1H3. The van der Waals surface area contributed by atoms with Crippen LogP contribution in [0.25, 0.3) is 22.2 Å². The third-order valence-electron chi connectivity index (χ3n) is 5.94. The largest absolute Gasteiger partial charge is 0.497 e. The van der Waals surface area contributed by atoms with Crippen LogP contribution in [0.15, 0.2) is 91.1 Å². The van der Waals surface area contributed by atoms with E-state index in [1.807, 2.05) is 60.8 Å². The lowest BCUT2D eigenvalue weighted by Gasteiger charge is -2.27. The molecule has 2 atom stereocenters. The van der Waals surface area contributed by atoms with Gasteiger partial charge in [-0.1, -0.05) is 66.7 Å². The second kappa shape index (κ2) is 9.32. The summed E-state index contributed by atoms with van der Waals surface area (Å²) in [5.41, 5.74) is 12.0. The fraction of sp³-hybridized carbons (Fsp3) is 0.148. The van der Waals surface area contributed by atoms with E-state index >= 15 is 0 Å². The fourth-order valence-electron chi connectivity index (χ4n) is 4.28. The number of rotatable bonds is 3. The average molecular weight is 438 g/mol. The number of benzene rings is 3. The van der Waals surface area contributed by atoms with E-state index in [0.29, 0.717) is 0 Å². The minimum absolute atomic E-state index is 0.0687. The molecule has 0 fully saturated rings. The van der Waals surface area contributed by atoms with Crippen molar-refractivity contribution < 1.29 is 4.74 Å². The van der Waals surface area contributed by atoms with E-state index in [9.17, 15) is 0 Å². The number of fused-ring (bicyclic) bond motifs is 3. The van der Waals surface area contributed by atoms with Crippen LogP contribution in [0.3, 0.4) is 0 Å². The van der Waals surface area contributed by atoms with E-state index in [4.69, 9.17) is 10.5 Å². The predicted octanol–water partition coefficient (Wildman–Crippen LogP) is 5.10. The molecular formula is C27H27N5O. The smallest absolute Gasteiger partial charge is 0.124 e. The van der Waals surface area contributed by atoms with E-state index in [0.717, 1.165) is 40.5 Å². The number of ether oxygens (including phenoxy) is 1. The molecule has 2 aromatic heterocycles. The topological polar surface area (TPSA) is 91.8 Å². The Bertz CT molecular complexity index is 1330. The molecule has 0 aliphatic carbocycles. The first-order chi connectivity index (χ1) is 16.2. The van der Waals surface area contributed by atoms with Gasteiger partial charge in [-0.2, -0.15) is 0 Å². The number of hydrogen-bond donors (Lipinski definition) is 4. The summed E-state index contributed by atoms with van der Waals surface area (Å²) in [6.07, 6.45) is 2.52. The number of para-hydroxylation sites is 2. The zero-order chi connectivity index (χ0) is 22.6. The lowest BCUT2D eigenvalue weighted by Crippen LogP contribution is -2.38. The van der Waals surface area contributed by atoms with Crippen molar-refractivity contribution in [2.45, 2.75) is 18.6 Å². The number of nitrogens with two attached hydrogens (primary N) is 1. The summed E-state index contributed by atoms with van der Waals surface area (Å²) < 4.78 is 4.91. The van der Waals surface area contributed by atoms with E-state index < -0.39 is 0 Å². The summed E-state index contributed by atoms with van der Waals surface area (Å²) in [5, 5.41) is 4.71. The minimum Gasteiger partial charge on any atom is -0.497 e. The van der Waals surface area contributed by atoms with Gasteiger partial charge < -0.3 is 20.4 Å². The molecule has 6 rings (SSSR count). The Hall–Kier alpha value is -3.87. The molecule has 0 saturated carbocycles. The highest BCUT2D eigenvalue weighted by atomic mass is 16.5. The third kappa shape index (κ3) is 4.39. The van der Waals surface area contributed by atoms with Crippen molar-refractivity contribution >= 4 is 10.9 Å². The van der Waals surface area contributed by atoms with Crippen LogP contribution in [0.4, 0.5) is 0 Å². The second-order valence-corrected chi connectivity index (χ2v) is 8.03. The summed E-state index contributed by atoms with van der Waals surface area (Å²) in [7, 11) is 1.66. The Morgan fingerprint density at radius 2 is 1.58 bits per heavy atom. The maximum absolute atomic E-state index is 6.37. The van der Waals surface area contributed by atoms with Gasteiger partial charge in [-0.25, -0.2) is 4.98 Å². The van der Waals surface area contributed by atoms with Crippen molar-refractivity contribution in [3.63, 3.8) is 0 Å². The highest BCUT2D eigenvalue weighted by Gasteiger charge is 2.29. The Balaban J connectivity index is 0.000000243. The molecule has 5 N–H and O–H groups in total. The summed E-state index contributed by atoms with van der Waals surface area (Å²) in [4.78, 5) is 11.5. The van der Waals surface area contributed by atoms with Crippen LogP contribution in [0.5, 0.6) is 5.75 Å². The maximum atomic E-state index is 6.37. The lowest BCUT2D eigenvalue weighted by molar-refractivity contribution is 0.403. The van der Waals surface area contributed by atoms with Gasteiger partial charge in [0.05, 0.1) is 36.9 Å². The molecule has 33 heavy (non-hydrogen) atoms. The molecule has 0 radical (unpaired) electrons. The van der Waals surface area contributed by atoms with Crippen LogP contribution in [-0.4, -0.2) is 22.1 Å². The van der Waals surface area contributed by atoms with Crippen LogP contribution < -0.4 is 15.8 Å². The van der Waals surface area contributed by atoms with Crippen molar-refractivity contribution in [1.29, 1.82) is 0 Å². The van der Waals surface area contributed by atoms with Crippen molar-refractivity contribution in [3.05, 3.63) is 108 Å². The van der Waals surface area contributed by atoms with Crippen LogP contribution in [0.1, 0.15) is 29.3 Å². The zero-order valence-corrected chi connectivity index (χ0v) is 18.5. The third-order valence-corrected chi connectivity index (χ3v) is 5.94. The van der Waals surface area contributed by atoms with Crippen LogP contribution >= 0.6 is 0 Å². The number of nitrogens with one attached hydrogen (secondary N) is 3.